The van der Waals surface area contributed by atoms with Crippen LogP contribution in [-0.2, 0) is 12.6 Å². The number of likely N-dealkylation sites (tertiary alicyclic amines) is 1. The van der Waals surface area contributed by atoms with Gasteiger partial charge in [0.05, 0.1) is 11.3 Å². The topological polar surface area (TPSA) is 60.0 Å². The van der Waals surface area contributed by atoms with Gasteiger partial charge in [-0.25, -0.2) is 14.4 Å². The number of nitrogen functional groups attached to an aromatic ring is 1. The first-order chi connectivity index (χ1) is 13.7. The second-order valence-electron chi connectivity index (χ2n) is 8.47. The Labute approximate surface area is 166 Å². The van der Waals surface area contributed by atoms with Gasteiger partial charge in [0, 0.05) is 50.1 Å². The third kappa shape index (κ3) is 3.84. The molecule has 3 heterocycles. The van der Waals surface area contributed by atoms with E-state index in [-0.39, 0.29) is 12.7 Å². The van der Waals surface area contributed by atoms with E-state index in [0.29, 0.717) is 35.6 Å². The number of aromatic nitrogens is 3. The van der Waals surface area contributed by atoms with E-state index in [4.69, 9.17) is 5.73 Å². The van der Waals surface area contributed by atoms with Crippen LogP contribution in [0, 0.1) is 17.8 Å². The Balaban J connectivity index is 1.64. The molecule has 29 heavy (non-hydrogen) atoms. The largest absolute Gasteiger partial charge is 0.419 e. The van der Waals surface area contributed by atoms with Crippen LogP contribution in [0.15, 0.2) is 18.5 Å². The second kappa shape index (κ2) is 7.27. The molecule has 2 N–H and O–H groups in total. The van der Waals surface area contributed by atoms with Crippen LogP contribution < -0.4 is 5.73 Å². The Kier molecular flexibility index (Phi) is 5.04. The van der Waals surface area contributed by atoms with Gasteiger partial charge in [0.2, 0.25) is 0 Å². The lowest BCUT2D eigenvalue weighted by molar-refractivity contribution is -0.137. The first-order valence-electron chi connectivity index (χ1n) is 9.88. The van der Waals surface area contributed by atoms with Crippen molar-refractivity contribution >= 4 is 5.82 Å². The Hall–Kier alpha value is -2.16. The maximum absolute atomic E-state index is 13.2. The van der Waals surface area contributed by atoms with Crippen molar-refractivity contribution < 1.29 is 17.6 Å². The summed E-state index contributed by atoms with van der Waals surface area (Å²) in [6.45, 7) is 6.00. The van der Waals surface area contributed by atoms with E-state index < -0.39 is 17.6 Å². The van der Waals surface area contributed by atoms with Crippen molar-refractivity contribution in [2.24, 2.45) is 17.8 Å². The molecule has 1 aliphatic carbocycles. The summed E-state index contributed by atoms with van der Waals surface area (Å²) < 4.78 is 54.4. The summed E-state index contributed by atoms with van der Waals surface area (Å²) >= 11 is 0. The zero-order valence-electron chi connectivity index (χ0n) is 16.5. The molecule has 1 unspecified atom stereocenters. The van der Waals surface area contributed by atoms with Crippen molar-refractivity contribution in [3.63, 3.8) is 0 Å². The number of hydrogen-bond donors (Lipinski definition) is 1. The molecule has 158 valence electrons. The highest BCUT2D eigenvalue weighted by Crippen LogP contribution is 2.56. The maximum atomic E-state index is 13.2. The van der Waals surface area contributed by atoms with Gasteiger partial charge in [0.1, 0.15) is 18.3 Å². The van der Waals surface area contributed by atoms with Crippen molar-refractivity contribution in [2.45, 2.75) is 32.5 Å². The number of imidazole rings is 1. The predicted octanol–water partition coefficient (Wildman–Crippen LogP) is 3.82. The summed E-state index contributed by atoms with van der Waals surface area (Å²) in [5.41, 5.74) is 5.26. The number of hydrogen-bond acceptors (Lipinski definition) is 4. The molecule has 0 bridgehead atoms. The van der Waals surface area contributed by atoms with Crippen LogP contribution in [0.2, 0.25) is 0 Å². The van der Waals surface area contributed by atoms with Crippen LogP contribution in [0.1, 0.15) is 31.3 Å². The summed E-state index contributed by atoms with van der Waals surface area (Å²) in [7, 11) is 0. The molecule has 5 nitrogen and oxygen atoms in total. The first-order valence-corrected chi connectivity index (χ1v) is 9.88. The van der Waals surface area contributed by atoms with Gasteiger partial charge in [-0.05, 0) is 23.8 Å². The number of anilines is 1. The van der Waals surface area contributed by atoms with Gasteiger partial charge in [-0.1, -0.05) is 13.8 Å². The number of nitrogens with zero attached hydrogens (tertiary/aromatic N) is 4. The minimum atomic E-state index is -4.57. The highest BCUT2D eigenvalue weighted by molar-refractivity contribution is 5.62. The fourth-order valence-corrected chi connectivity index (χ4v) is 4.48. The number of nitrogens with two attached hydrogens (primary N) is 1. The van der Waals surface area contributed by atoms with Crippen molar-refractivity contribution in [1.29, 1.82) is 0 Å². The predicted molar refractivity (Wildman–Crippen MR) is 102 cm³/mol. The van der Waals surface area contributed by atoms with Crippen LogP contribution in [0.25, 0.3) is 11.3 Å². The highest BCUT2D eigenvalue weighted by Gasteiger charge is 2.57. The molecule has 0 radical (unpaired) electrons. The zero-order chi connectivity index (χ0) is 20.9. The molecule has 2 aliphatic rings. The van der Waals surface area contributed by atoms with E-state index in [0.717, 1.165) is 31.4 Å². The SMILES string of the molecule is CC(C)Cc1nc(-c2cnc(N)c(C(F)(F)F)c2)cn1C1[C@H]2CN(CCF)C[C@@H]12. The summed E-state index contributed by atoms with van der Waals surface area (Å²) in [4.78, 5) is 10.5. The van der Waals surface area contributed by atoms with Crippen LogP contribution in [0.3, 0.4) is 0 Å². The molecule has 0 spiro atoms. The molecule has 1 aliphatic heterocycles. The molecular weight excluding hydrogens is 386 g/mol. The fraction of sp³-hybridized carbons (Fsp3) is 0.600. The number of fused-ring (bicyclic) bond motifs is 1. The van der Waals surface area contributed by atoms with E-state index in [2.05, 4.69) is 33.3 Å². The molecule has 1 saturated heterocycles. The number of rotatable bonds is 6. The molecule has 2 fully saturated rings. The third-order valence-electron chi connectivity index (χ3n) is 5.87. The summed E-state index contributed by atoms with van der Waals surface area (Å²) in [6.07, 6.45) is -0.650. The molecule has 0 amide bonds. The minimum Gasteiger partial charge on any atom is -0.383 e. The van der Waals surface area contributed by atoms with Gasteiger partial charge in [-0.3, -0.25) is 0 Å². The van der Waals surface area contributed by atoms with Crippen LogP contribution in [0.5, 0.6) is 0 Å². The van der Waals surface area contributed by atoms with Gasteiger partial charge >= 0.3 is 6.18 Å². The maximum Gasteiger partial charge on any atom is 0.419 e. The van der Waals surface area contributed by atoms with Crippen molar-refractivity contribution in [3.8, 4) is 11.3 Å². The Morgan fingerprint density at radius 2 is 1.93 bits per heavy atom. The van der Waals surface area contributed by atoms with E-state index in [9.17, 15) is 17.6 Å². The second-order valence-corrected chi connectivity index (χ2v) is 8.47. The summed E-state index contributed by atoms with van der Waals surface area (Å²) in [6, 6.07) is 1.30. The molecule has 2 aromatic heterocycles. The molecule has 3 atom stereocenters. The lowest BCUT2D eigenvalue weighted by Gasteiger charge is -2.19. The van der Waals surface area contributed by atoms with E-state index in [1.54, 1.807) is 0 Å². The van der Waals surface area contributed by atoms with Gasteiger partial charge in [0.15, 0.2) is 0 Å². The number of pyridine rings is 1. The van der Waals surface area contributed by atoms with Gasteiger partial charge in [-0.15, -0.1) is 0 Å². The number of halogens is 4. The first kappa shape index (κ1) is 20.1. The van der Waals surface area contributed by atoms with Crippen LogP contribution in [-0.4, -0.2) is 45.7 Å². The highest BCUT2D eigenvalue weighted by atomic mass is 19.4. The zero-order valence-corrected chi connectivity index (χ0v) is 16.5. The van der Waals surface area contributed by atoms with Gasteiger partial charge in [0.25, 0.3) is 0 Å². The molecule has 2 aromatic rings. The van der Waals surface area contributed by atoms with Gasteiger partial charge in [-0.2, -0.15) is 13.2 Å². The Bertz CT molecular complexity index is 879. The summed E-state index contributed by atoms with van der Waals surface area (Å²) in [5, 5.41) is 0. The lowest BCUT2D eigenvalue weighted by atomic mass is 10.1. The summed E-state index contributed by atoms with van der Waals surface area (Å²) in [5.74, 6) is 1.60. The lowest BCUT2D eigenvalue weighted by Crippen LogP contribution is -2.27. The minimum absolute atomic E-state index is 0.282. The van der Waals surface area contributed by atoms with E-state index in [1.807, 2.05) is 6.20 Å². The standard InChI is InChI=1S/C20H25F4N5/c1-11(2)5-17-27-16(12-6-15(20(22,23)24)19(25)26-7-12)10-29(17)18-13-8-28(4-3-21)9-14(13)18/h6-7,10-11,13-14,18H,3-5,8-9H2,1-2H3,(H2,25,26)/t13-,14+,18?. The average Bonchev–Trinajstić information content (AvgIpc) is 2.96. The quantitative estimate of drug-likeness (QED) is 0.735. The molecular formula is C20H25F4N5. The van der Waals surface area contributed by atoms with Crippen molar-refractivity contribution in [2.75, 3.05) is 32.0 Å². The third-order valence-corrected chi connectivity index (χ3v) is 5.87. The van der Waals surface area contributed by atoms with Crippen LogP contribution >= 0.6 is 0 Å². The number of piperidine rings is 1. The Morgan fingerprint density at radius 1 is 1.24 bits per heavy atom. The monoisotopic (exact) mass is 411 g/mol. The molecule has 1 saturated carbocycles. The van der Waals surface area contributed by atoms with Crippen LogP contribution in [0.4, 0.5) is 23.4 Å². The number of alkyl halides is 4. The fourth-order valence-electron chi connectivity index (χ4n) is 4.48. The van der Waals surface area contributed by atoms with E-state index >= 15 is 0 Å². The van der Waals surface area contributed by atoms with Crippen molar-refractivity contribution in [1.82, 2.24) is 19.4 Å². The smallest absolute Gasteiger partial charge is 0.383 e. The molecule has 9 heteroatoms. The average molecular weight is 411 g/mol. The van der Waals surface area contributed by atoms with Gasteiger partial charge < -0.3 is 15.2 Å². The molecule has 4 rings (SSSR count). The Morgan fingerprint density at radius 3 is 2.52 bits per heavy atom. The normalized spacial score (nSPS) is 24.3. The molecule has 0 aromatic carbocycles. The van der Waals surface area contributed by atoms with Crippen molar-refractivity contribution in [3.05, 3.63) is 29.8 Å². The van der Waals surface area contributed by atoms with E-state index in [1.165, 1.54) is 6.20 Å².